The summed E-state index contributed by atoms with van der Waals surface area (Å²) in [5.41, 5.74) is 0.790. The summed E-state index contributed by atoms with van der Waals surface area (Å²) in [6.07, 6.45) is 1.70. The van der Waals surface area contributed by atoms with E-state index in [9.17, 15) is 4.39 Å². The molecule has 2 nitrogen and oxygen atoms in total. The number of aromatic nitrogens is 1. The molecule has 74 valence electrons. The van der Waals surface area contributed by atoms with Crippen LogP contribution in [0, 0.1) is 5.82 Å². The zero-order valence-electron chi connectivity index (χ0n) is 8.17. The molecule has 2 rings (SSSR count). The molecule has 3 heteroatoms. The second kappa shape index (κ2) is 3.33. The topological polar surface area (TPSA) is 25.0 Å². The monoisotopic (exact) mass is 193 g/mol. The van der Waals surface area contributed by atoms with Crippen LogP contribution in [0.2, 0.25) is 0 Å². The van der Waals surface area contributed by atoms with Crippen molar-refractivity contribution in [3.8, 4) is 5.75 Å². The first kappa shape index (κ1) is 9.06. The zero-order chi connectivity index (χ0) is 10.1. The maximum Gasteiger partial charge on any atom is 0.174 e. The maximum atomic E-state index is 13.7. The summed E-state index contributed by atoms with van der Waals surface area (Å²) < 4.78 is 19.1. The minimum Gasteiger partial charge on any atom is -0.488 e. The van der Waals surface area contributed by atoms with E-state index in [2.05, 4.69) is 4.98 Å². The first-order valence-corrected chi connectivity index (χ1v) is 4.60. The highest BCUT2D eigenvalue weighted by atomic mass is 19.1. The van der Waals surface area contributed by atoms with Crippen LogP contribution in [-0.2, 0) is 0 Å². The largest absolute Gasteiger partial charge is 0.488 e. The van der Waals surface area contributed by atoms with Gasteiger partial charge in [0.15, 0.2) is 11.6 Å². The Morgan fingerprint density at radius 1 is 1.29 bits per heavy atom. The molecule has 0 bridgehead atoms. The van der Waals surface area contributed by atoms with Crippen molar-refractivity contribution in [1.82, 2.24) is 4.98 Å². The van der Waals surface area contributed by atoms with Gasteiger partial charge in [-0.1, -0.05) is 0 Å². The van der Waals surface area contributed by atoms with Gasteiger partial charge in [-0.3, -0.25) is 0 Å². The van der Waals surface area contributed by atoms with Crippen molar-refractivity contribution in [1.29, 1.82) is 0 Å². The molecule has 0 spiro atoms. The molecule has 0 aliphatic heterocycles. The molecular formula is C11H12FNO. The van der Waals surface area contributed by atoms with Crippen LogP contribution >= 0.6 is 0 Å². The summed E-state index contributed by atoms with van der Waals surface area (Å²) >= 11 is 0. The first-order chi connectivity index (χ1) is 6.68. The summed E-state index contributed by atoms with van der Waals surface area (Å²) in [6.45, 7) is 3.75. The minimum absolute atomic E-state index is 0.0131. The lowest BCUT2D eigenvalue weighted by Crippen LogP contribution is -2.06. The van der Waals surface area contributed by atoms with E-state index in [0.717, 1.165) is 5.52 Å². The van der Waals surface area contributed by atoms with Crippen LogP contribution in [-0.4, -0.2) is 11.1 Å². The van der Waals surface area contributed by atoms with Crippen molar-refractivity contribution in [2.24, 2.45) is 0 Å². The Kier molecular flexibility index (Phi) is 2.15. The molecule has 0 aliphatic carbocycles. The van der Waals surface area contributed by atoms with Crippen LogP contribution in [0.5, 0.6) is 5.75 Å². The van der Waals surface area contributed by atoms with Crippen molar-refractivity contribution in [2.75, 3.05) is 0 Å². The standard InChI is InChI=1S/C11H12FNO/c1-7(2)14-10-4-3-9-8(11(10)12)5-6-13-9/h3-7,13H,1-2H3. The van der Waals surface area contributed by atoms with E-state index < -0.39 is 0 Å². The Morgan fingerprint density at radius 3 is 2.79 bits per heavy atom. The van der Waals surface area contributed by atoms with Gasteiger partial charge in [-0.2, -0.15) is 0 Å². The third-order valence-corrected chi connectivity index (χ3v) is 2.00. The lowest BCUT2D eigenvalue weighted by atomic mass is 10.2. The number of ether oxygens (including phenoxy) is 1. The molecule has 1 aromatic carbocycles. The highest BCUT2D eigenvalue weighted by molar-refractivity contribution is 5.81. The van der Waals surface area contributed by atoms with Crippen molar-refractivity contribution in [3.63, 3.8) is 0 Å². The van der Waals surface area contributed by atoms with Crippen LogP contribution in [0.4, 0.5) is 4.39 Å². The SMILES string of the molecule is CC(C)Oc1ccc2[nH]ccc2c1F. The molecule has 0 saturated carbocycles. The molecule has 1 N–H and O–H groups in total. The number of rotatable bonds is 2. The van der Waals surface area contributed by atoms with Gasteiger partial charge in [0.05, 0.1) is 6.10 Å². The van der Waals surface area contributed by atoms with E-state index in [4.69, 9.17) is 4.74 Å². The fourth-order valence-electron chi connectivity index (χ4n) is 1.42. The van der Waals surface area contributed by atoms with E-state index in [1.807, 2.05) is 19.9 Å². The van der Waals surface area contributed by atoms with Gasteiger partial charge in [0.25, 0.3) is 0 Å². The van der Waals surface area contributed by atoms with Crippen LogP contribution in [0.15, 0.2) is 24.4 Å². The number of H-pyrrole nitrogens is 1. The third-order valence-electron chi connectivity index (χ3n) is 2.00. The number of aromatic amines is 1. The molecule has 0 aliphatic rings. The average Bonchev–Trinajstić information content (AvgIpc) is 2.57. The highest BCUT2D eigenvalue weighted by Crippen LogP contribution is 2.26. The number of nitrogens with one attached hydrogen (secondary N) is 1. The van der Waals surface area contributed by atoms with E-state index in [-0.39, 0.29) is 11.9 Å². The summed E-state index contributed by atoms with van der Waals surface area (Å²) in [5, 5.41) is 0.572. The predicted molar refractivity (Wildman–Crippen MR) is 54.0 cm³/mol. The van der Waals surface area contributed by atoms with Crippen LogP contribution in [0.25, 0.3) is 10.9 Å². The number of hydrogen-bond donors (Lipinski definition) is 1. The summed E-state index contributed by atoms with van der Waals surface area (Å²) in [7, 11) is 0. The Morgan fingerprint density at radius 2 is 2.07 bits per heavy atom. The van der Waals surface area contributed by atoms with Crippen LogP contribution in [0.1, 0.15) is 13.8 Å². The van der Waals surface area contributed by atoms with E-state index in [1.165, 1.54) is 0 Å². The molecule has 1 aromatic heterocycles. The minimum atomic E-state index is -0.294. The second-order valence-electron chi connectivity index (χ2n) is 3.48. The van der Waals surface area contributed by atoms with Crippen LogP contribution in [0.3, 0.4) is 0 Å². The van der Waals surface area contributed by atoms with Gasteiger partial charge in [-0.05, 0) is 32.0 Å². The van der Waals surface area contributed by atoms with Crippen molar-refractivity contribution in [2.45, 2.75) is 20.0 Å². The fourth-order valence-corrected chi connectivity index (χ4v) is 1.42. The fraction of sp³-hybridized carbons (Fsp3) is 0.273. The van der Waals surface area contributed by atoms with Gasteiger partial charge in [-0.15, -0.1) is 0 Å². The summed E-state index contributed by atoms with van der Waals surface area (Å²) in [5.74, 6) is 0.0181. The van der Waals surface area contributed by atoms with Crippen molar-refractivity contribution >= 4 is 10.9 Å². The molecule has 1 heterocycles. The van der Waals surface area contributed by atoms with Gasteiger partial charge >= 0.3 is 0 Å². The van der Waals surface area contributed by atoms with Gasteiger partial charge in [0.1, 0.15) is 0 Å². The highest BCUT2D eigenvalue weighted by Gasteiger charge is 2.09. The lowest BCUT2D eigenvalue weighted by Gasteiger charge is -2.10. The average molecular weight is 193 g/mol. The molecule has 0 fully saturated rings. The molecule has 0 amide bonds. The lowest BCUT2D eigenvalue weighted by molar-refractivity contribution is 0.232. The Labute approximate surface area is 81.7 Å². The normalized spacial score (nSPS) is 11.1. The number of fused-ring (bicyclic) bond motifs is 1. The molecular weight excluding hydrogens is 181 g/mol. The smallest absolute Gasteiger partial charge is 0.174 e. The summed E-state index contributed by atoms with van der Waals surface area (Å²) in [6, 6.07) is 5.17. The Balaban J connectivity index is 2.51. The Bertz CT molecular complexity index is 447. The van der Waals surface area contributed by atoms with Gasteiger partial charge in [0.2, 0.25) is 0 Å². The first-order valence-electron chi connectivity index (χ1n) is 4.60. The third kappa shape index (κ3) is 1.45. The molecule has 0 atom stereocenters. The second-order valence-corrected chi connectivity index (χ2v) is 3.48. The predicted octanol–water partition coefficient (Wildman–Crippen LogP) is 3.09. The van der Waals surface area contributed by atoms with E-state index in [0.29, 0.717) is 11.1 Å². The number of halogens is 1. The molecule has 0 unspecified atom stereocenters. The number of hydrogen-bond acceptors (Lipinski definition) is 1. The Hall–Kier alpha value is -1.51. The molecule has 14 heavy (non-hydrogen) atoms. The maximum absolute atomic E-state index is 13.7. The van der Waals surface area contributed by atoms with Crippen molar-refractivity contribution in [3.05, 3.63) is 30.2 Å². The van der Waals surface area contributed by atoms with E-state index >= 15 is 0 Å². The van der Waals surface area contributed by atoms with Crippen molar-refractivity contribution < 1.29 is 9.13 Å². The number of benzene rings is 1. The quantitative estimate of drug-likeness (QED) is 0.778. The molecule has 0 radical (unpaired) electrons. The van der Waals surface area contributed by atoms with E-state index in [1.54, 1.807) is 18.3 Å². The zero-order valence-corrected chi connectivity index (χ0v) is 8.17. The summed E-state index contributed by atoms with van der Waals surface area (Å²) in [4.78, 5) is 2.95. The van der Waals surface area contributed by atoms with Gasteiger partial charge in [0, 0.05) is 17.1 Å². The molecule has 0 saturated heterocycles. The molecule has 2 aromatic rings. The van der Waals surface area contributed by atoms with Crippen LogP contribution < -0.4 is 4.74 Å². The van der Waals surface area contributed by atoms with Gasteiger partial charge < -0.3 is 9.72 Å². The van der Waals surface area contributed by atoms with Gasteiger partial charge in [-0.25, -0.2) is 4.39 Å².